The van der Waals surface area contributed by atoms with Gasteiger partial charge in [0.05, 0.1) is 6.42 Å². The maximum absolute atomic E-state index is 10.4. The molecule has 0 spiro atoms. The lowest BCUT2D eigenvalue weighted by molar-refractivity contribution is -0.665. The van der Waals surface area contributed by atoms with Crippen LogP contribution in [0.15, 0.2) is 35.4 Å². The standard InChI is InChI=1S/C10H12N4O/c11-9(12)14-10(15,6-7-13-14)8-4-2-1-3-5-8/h1-5,7,15H,6H2,(H3,11,12)/p+1. The molecule has 15 heavy (non-hydrogen) atoms. The summed E-state index contributed by atoms with van der Waals surface area (Å²) in [4.78, 5) is 0. The van der Waals surface area contributed by atoms with E-state index in [-0.39, 0.29) is 5.96 Å². The fourth-order valence-electron chi connectivity index (χ4n) is 1.66. The molecular formula is C10H13N4O+. The summed E-state index contributed by atoms with van der Waals surface area (Å²) in [6, 6.07) is 9.19. The van der Waals surface area contributed by atoms with Gasteiger partial charge in [-0.2, -0.15) is 0 Å². The first-order valence-corrected chi connectivity index (χ1v) is 4.63. The van der Waals surface area contributed by atoms with E-state index in [0.717, 1.165) is 5.56 Å². The molecule has 0 bridgehead atoms. The maximum Gasteiger partial charge on any atom is 0.368 e. The van der Waals surface area contributed by atoms with Crippen LogP contribution in [0.25, 0.3) is 0 Å². The van der Waals surface area contributed by atoms with Crippen LogP contribution in [0.3, 0.4) is 0 Å². The molecule has 0 saturated carbocycles. The minimum absolute atomic E-state index is 0.0184. The van der Waals surface area contributed by atoms with E-state index in [4.69, 9.17) is 11.5 Å². The second-order valence-corrected chi connectivity index (χ2v) is 3.42. The van der Waals surface area contributed by atoms with Gasteiger partial charge in [-0.15, -0.1) is 9.79 Å². The Labute approximate surface area is 87.3 Å². The van der Waals surface area contributed by atoms with Gasteiger partial charge in [0.15, 0.2) is 0 Å². The van der Waals surface area contributed by atoms with Crippen molar-refractivity contribution in [2.45, 2.75) is 12.1 Å². The van der Waals surface area contributed by atoms with Crippen molar-refractivity contribution in [1.29, 1.82) is 0 Å². The Morgan fingerprint density at radius 3 is 2.60 bits per heavy atom. The second-order valence-electron chi connectivity index (χ2n) is 3.42. The van der Waals surface area contributed by atoms with Crippen molar-refractivity contribution in [3.8, 4) is 0 Å². The molecule has 5 N–H and O–H groups in total. The summed E-state index contributed by atoms with van der Waals surface area (Å²) in [7, 11) is 0. The lowest BCUT2D eigenvalue weighted by atomic mass is 10.0. The summed E-state index contributed by atoms with van der Waals surface area (Å²) in [5, 5.41) is 14.3. The predicted octanol–water partition coefficient (Wildman–Crippen LogP) is -0.493. The Morgan fingerprint density at radius 2 is 2.00 bits per heavy atom. The van der Waals surface area contributed by atoms with Gasteiger partial charge in [0.25, 0.3) is 0 Å². The Bertz CT molecular complexity index is 422. The summed E-state index contributed by atoms with van der Waals surface area (Å²) < 4.78 is 1.22. The fourth-order valence-corrected chi connectivity index (χ4v) is 1.66. The fraction of sp³-hybridized carbons (Fsp3) is 0.200. The number of hydrogen-bond donors (Lipinski definition) is 3. The number of guanidine groups is 1. The molecule has 1 atom stereocenters. The normalized spacial score (nSPS) is 24.5. The van der Waals surface area contributed by atoms with Gasteiger partial charge in [0.1, 0.15) is 0 Å². The third-order valence-corrected chi connectivity index (χ3v) is 2.40. The Balaban J connectivity index is 2.49. The van der Waals surface area contributed by atoms with Gasteiger partial charge >= 0.3 is 5.96 Å². The maximum atomic E-state index is 10.4. The molecular weight excluding hydrogens is 192 g/mol. The summed E-state index contributed by atoms with van der Waals surface area (Å²) in [6.45, 7) is 0. The van der Waals surface area contributed by atoms with Crippen molar-refractivity contribution in [2.24, 2.45) is 16.6 Å². The van der Waals surface area contributed by atoms with E-state index < -0.39 is 5.72 Å². The summed E-state index contributed by atoms with van der Waals surface area (Å²) in [5.41, 5.74) is 10.4. The molecule has 0 aromatic heterocycles. The van der Waals surface area contributed by atoms with Crippen molar-refractivity contribution in [1.82, 2.24) is 0 Å². The first-order valence-electron chi connectivity index (χ1n) is 4.63. The van der Waals surface area contributed by atoms with E-state index in [0.29, 0.717) is 6.42 Å². The monoisotopic (exact) mass is 205 g/mol. The highest BCUT2D eigenvalue weighted by Crippen LogP contribution is 2.28. The molecule has 1 aliphatic heterocycles. The number of aliphatic hydroxyl groups is 1. The van der Waals surface area contributed by atoms with Gasteiger partial charge in [-0.05, 0) is 0 Å². The van der Waals surface area contributed by atoms with Crippen molar-refractivity contribution < 1.29 is 9.79 Å². The van der Waals surface area contributed by atoms with E-state index in [1.54, 1.807) is 6.21 Å². The molecule has 0 radical (unpaired) electrons. The predicted molar refractivity (Wildman–Crippen MR) is 57.1 cm³/mol. The largest absolute Gasteiger partial charge is 0.368 e. The lowest BCUT2D eigenvalue weighted by Gasteiger charge is -2.21. The Hall–Kier alpha value is -1.88. The third-order valence-electron chi connectivity index (χ3n) is 2.40. The zero-order chi connectivity index (χ0) is 10.9. The van der Waals surface area contributed by atoms with Crippen LogP contribution in [0.5, 0.6) is 0 Å². The molecule has 2 rings (SSSR count). The Morgan fingerprint density at radius 1 is 1.33 bits per heavy atom. The van der Waals surface area contributed by atoms with Gasteiger partial charge in [0.2, 0.25) is 5.72 Å². The smallest absolute Gasteiger partial charge is 0.353 e. The van der Waals surface area contributed by atoms with E-state index in [1.807, 2.05) is 30.3 Å². The SMILES string of the molecule is NC(N)=[N+]1N=CCC1(O)c1ccccc1. The molecule has 78 valence electrons. The third kappa shape index (κ3) is 1.46. The summed E-state index contributed by atoms with van der Waals surface area (Å²) >= 11 is 0. The molecule has 5 heteroatoms. The van der Waals surface area contributed by atoms with Crippen LogP contribution in [0.4, 0.5) is 0 Å². The van der Waals surface area contributed by atoms with Gasteiger partial charge in [-0.1, -0.05) is 30.3 Å². The second kappa shape index (κ2) is 3.36. The molecule has 0 saturated heterocycles. The molecule has 0 fully saturated rings. The van der Waals surface area contributed by atoms with Crippen molar-refractivity contribution in [3.63, 3.8) is 0 Å². The molecule has 1 aromatic carbocycles. The highest BCUT2D eigenvalue weighted by atomic mass is 16.3. The Kier molecular flexibility index (Phi) is 2.17. The van der Waals surface area contributed by atoms with Crippen LogP contribution in [0.2, 0.25) is 0 Å². The molecule has 0 aliphatic carbocycles. The minimum atomic E-state index is -1.25. The van der Waals surface area contributed by atoms with Crippen LogP contribution in [-0.2, 0) is 5.72 Å². The molecule has 0 amide bonds. The average Bonchev–Trinajstić information content (AvgIpc) is 2.63. The molecule has 1 aliphatic rings. The van der Waals surface area contributed by atoms with Crippen LogP contribution in [0.1, 0.15) is 12.0 Å². The van der Waals surface area contributed by atoms with E-state index in [2.05, 4.69) is 5.10 Å². The molecule has 5 nitrogen and oxygen atoms in total. The van der Waals surface area contributed by atoms with Gasteiger partial charge < -0.3 is 5.11 Å². The molecule has 1 unspecified atom stereocenters. The number of nitrogens with two attached hydrogens (primary N) is 2. The van der Waals surface area contributed by atoms with Crippen molar-refractivity contribution in [3.05, 3.63) is 35.9 Å². The van der Waals surface area contributed by atoms with Crippen LogP contribution >= 0.6 is 0 Å². The molecule has 1 heterocycles. The minimum Gasteiger partial charge on any atom is -0.353 e. The van der Waals surface area contributed by atoms with Crippen LogP contribution in [-0.4, -0.2) is 22.0 Å². The van der Waals surface area contributed by atoms with E-state index in [1.165, 1.54) is 4.68 Å². The van der Waals surface area contributed by atoms with Crippen molar-refractivity contribution >= 4 is 12.2 Å². The number of nitrogens with zero attached hydrogens (tertiary/aromatic N) is 2. The van der Waals surface area contributed by atoms with E-state index >= 15 is 0 Å². The quantitative estimate of drug-likeness (QED) is 0.427. The van der Waals surface area contributed by atoms with Crippen LogP contribution in [0, 0.1) is 0 Å². The number of hydrogen-bond acceptors (Lipinski definition) is 2. The highest BCUT2D eigenvalue weighted by molar-refractivity contribution is 5.72. The molecule has 1 aromatic rings. The number of benzene rings is 1. The van der Waals surface area contributed by atoms with Gasteiger partial charge in [0, 0.05) is 11.8 Å². The number of rotatable bonds is 1. The van der Waals surface area contributed by atoms with Gasteiger partial charge in [-0.3, -0.25) is 11.5 Å². The lowest BCUT2D eigenvalue weighted by Crippen LogP contribution is -2.43. The van der Waals surface area contributed by atoms with Gasteiger partial charge in [-0.25, -0.2) is 0 Å². The zero-order valence-corrected chi connectivity index (χ0v) is 8.17. The first kappa shape index (κ1) is 9.67. The highest BCUT2D eigenvalue weighted by Gasteiger charge is 2.40. The average molecular weight is 205 g/mol. The van der Waals surface area contributed by atoms with E-state index in [9.17, 15) is 5.11 Å². The summed E-state index contributed by atoms with van der Waals surface area (Å²) in [5.74, 6) is -0.0184. The van der Waals surface area contributed by atoms with Crippen LogP contribution < -0.4 is 11.5 Å². The summed E-state index contributed by atoms with van der Waals surface area (Å²) in [6.07, 6.45) is 1.96. The topological polar surface area (TPSA) is 87.6 Å². The zero-order valence-electron chi connectivity index (χ0n) is 8.17. The number of hydrazone groups is 1. The first-order chi connectivity index (χ1) is 7.14. The van der Waals surface area contributed by atoms with Crippen molar-refractivity contribution in [2.75, 3.05) is 0 Å².